The van der Waals surface area contributed by atoms with E-state index in [1.54, 1.807) is 4.90 Å². The zero-order valence-corrected chi connectivity index (χ0v) is 12.6. The molecule has 4 heteroatoms. The van der Waals surface area contributed by atoms with Crippen LogP contribution in [0, 0.1) is 0 Å². The molecule has 23 heavy (non-hydrogen) atoms. The first-order valence-electron chi connectivity index (χ1n) is 7.72. The normalized spacial score (nSPS) is 13.8. The lowest BCUT2D eigenvalue weighted by Gasteiger charge is -2.30. The van der Waals surface area contributed by atoms with Crippen molar-refractivity contribution in [3.05, 3.63) is 65.9 Å². The number of pyridine rings is 1. The van der Waals surface area contributed by atoms with Crippen molar-refractivity contribution in [3.63, 3.8) is 0 Å². The Balaban J connectivity index is 1.87. The molecule has 3 aromatic rings. The van der Waals surface area contributed by atoms with Gasteiger partial charge < -0.3 is 10.0 Å². The van der Waals surface area contributed by atoms with E-state index in [9.17, 15) is 9.90 Å². The van der Waals surface area contributed by atoms with Crippen LogP contribution < -0.4 is 4.90 Å². The average Bonchev–Trinajstić information content (AvgIpc) is 2.60. The molecule has 2 heterocycles. The van der Waals surface area contributed by atoms with Crippen molar-refractivity contribution in [2.45, 2.75) is 12.8 Å². The van der Waals surface area contributed by atoms with Crippen LogP contribution in [0.25, 0.3) is 10.9 Å². The quantitative estimate of drug-likeness (QED) is 0.748. The molecule has 0 atom stereocenters. The molecule has 0 saturated carbocycles. The second-order valence-corrected chi connectivity index (χ2v) is 5.72. The maximum absolute atomic E-state index is 13.1. The lowest BCUT2D eigenvalue weighted by molar-refractivity contribution is 0.0984. The van der Waals surface area contributed by atoms with Gasteiger partial charge in [-0.2, -0.15) is 0 Å². The van der Waals surface area contributed by atoms with E-state index in [1.165, 1.54) is 11.8 Å². The Labute approximate surface area is 134 Å². The molecule has 4 rings (SSSR count). The molecular formula is C19H16N2O2. The summed E-state index contributed by atoms with van der Waals surface area (Å²) in [7, 11) is 0. The fraction of sp³-hybridized carbons (Fsp3) is 0.158. The first kappa shape index (κ1) is 13.8. The molecule has 0 radical (unpaired) electrons. The number of para-hydroxylation sites is 2. The van der Waals surface area contributed by atoms with Gasteiger partial charge in [0.25, 0.3) is 5.91 Å². The first-order valence-corrected chi connectivity index (χ1v) is 7.72. The highest BCUT2D eigenvalue weighted by molar-refractivity contribution is 6.15. The molecule has 1 amide bonds. The first-order chi connectivity index (χ1) is 11.3. The van der Waals surface area contributed by atoms with Gasteiger partial charge in [0.2, 0.25) is 0 Å². The van der Waals surface area contributed by atoms with Gasteiger partial charge in [0.1, 0.15) is 5.75 Å². The number of benzene rings is 2. The number of carbonyl (C=O) groups excluding carboxylic acids is 1. The monoisotopic (exact) mass is 304 g/mol. The van der Waals surface area contributed by atoms with Gasteiger partial charge in [0.05, 0.1) is 17.3 Å². The Bertz CT molecular complexity index is 905. The van der Waals surface area contributed by atoms with Crippen LogP contribution in [0.3, 0.4) is 0 Å². The number of aromatic nitrogens is 1. The van der Waals surface area contributed by atoms with Crippen LogP contribution in [-0.2, 0) is 6.42 Å². The van der Waals surface area contributed by atoms with Gasteiger partial charge in [-0.05, 0) is 30.5 Å². The Morgan fingerprint density at radius 3 is 2.78 bits per heavy atom. The molecule has 2 aromatic carbocycles. The van der Waals surface area contributed by atoms with E-state index in [2.05, 4.69) is 11.1 Å². The number of anilines is 1. The zero-order chi connectivity index (χ0) is 15.8. The molecule has 1 N–H and O–H groups in total. The van der Waals surface area contributed by atoms with Gasteiger partial charge in [-0.3, -0.25) is 9.78 Å². The van der Waals surface area contributed by atoms with Crippen LogP contribution in [0.2, 0.25) is 0 Å². The molecule has 1 aliphatic heterocycles. The fourth-order valence-corrected chi connectivity index (χ4v) is 3.24. The number of aromatic hydroxyl groups is 1. The summed E-state index contributed by atoms with van der Waals surface area (Å²) in [6, 6.07) is 15.3. The second kappa shape index (κ2) is 5.39. The van der Waals surface area contributed by atoms with Gasteiger partial charge in [-0.25, -0.2) is 0 Å². The molecule has 0 saturated heterocycles. The molecule has 0 unspecified atom stereocenters. The molecule has 0 fully saturated rings. The number of amides is 1. The standard InChI is InChI=1S/C19H16N2O2/c22-17-12-20-15-9-3-2-8-14(15)18(17)19(23)21-11-5-7-13-6-1-4-10-16(13)21/h1-4,6,8-10,12,22H,5,7,11H2. The Kier molecular flexibility index (Phi) is 3.23. The third kappa shape index (κ3) is 2.23. The minimum atomic E-state index is -0.173. The van der Waals surface area contributed by atoms with E-state index >= 15 is 0 Å². The summed E-state index contributed by atoms with van der Waals surface area (Å²) in [4.78, 5) is 19.1. The minimum absolute atomic E-state index is 0.0724. The van der Waals surface area contributed by atoms with Gasteiger partial charge in [-0.1, -0.05) is 36.4 Å². The van der Waals surface area contributed by atoms with Gasteiger partial charge in [0.15, 0.2) is 0 Å². The highest BCUT2D eigenvalue weighted by atomic mass is 16.3. The molecule has 1 aromatic heterocycles. The lowest BCUT2D eigenvalue weighted by Crippen LogP contribution is -2.35. The number of fused-ring (bicyclic) bond motifs is 2. The number of hydrogen-bond donors (Lipinski definition) is 1. The zero-order valence-electron chi connectivity index (χ0n) is 12.6. The highest BCUT2D eigenvalue weighted by Crippen LogP contribution is 2.32. The lowest BCUT2D eigenvalue weighted by atomic mass is 9.99. The summed E-state index contributed by atoms with van der Waals surface area (Å²) in [6.07, 6.45) is 3.25. The number of hydrogen-bond acceptors (Lipinski definition) is 3. The van der Waals surface area contributed by atoms with Gasteiger partial charge >= 0.3 is 0 Å². The van der Waals surface area contributed by atoms with Crippen molar-refractivity contribution >= 4 is 22.5 Å². The van der Waals surface area contributed by atoms with E-state index in [0.717, 1.165) is 18.5 Å². The van der Waals surface area contributed by atoms with E-state index < -0.39 is 0 Å². The van der Waals surface area contributed by atoms with Gasteiger partial charge in [0, 0.05) is 17.6 Å². The second-order valence-electron chi connectivity index (χ2n) is 5.72. The number of aryl methyl sites for hydroxylation is 1. The molecule has 4 nitrogen and oxygen atoms in total. The molecule has 0 aliphatic carbocycles. The van der Waals surface area contributed by atoms with Crippen LogP contribution >= 0.6 is 0 Å². The van der Waals surface area contributed by atoms with Crippen molar-refractivity contribution in [1.82, 2.24) is 4.98 Å². The van der Waals surface area contributed by atoms with E-state index in [1.807, 2.05) is 42.5 Å². The predicted octanol–water partition coefficient (Wildman–Crippen LogP) is 3.53. The van der Waals surface area contributed by atoms with Crippen molar-refractivity contribution in [2.75, 3.05) is 11.4 Å². The van der Waals surface area contributed by atoms with Crippen molar-refractivity contribution in [3.8, 4) is 5.75 Å². The SMILES string of the molecule is O=C(c1c(O)cnc2ccccc12)N1CCCc2ccccc21. The van der Waals surface area contributed by atoms with Crippen LogP contribution in [-0.4, -0.2) is 22.5 Å². The Morgan fingerprint density at radius 2 is 1.87 bits per heavy atom. The third-order valence-electron chi connectivity index (χ3n) is 4.32. The summed E-state index contributed by atoms with van der Waals surface area (Å²) in [5.41, 5.74) is 3.14. The number of carbonyl (C=O) groups is 1. The fourth-order valence-electron chi connectivity index (χ4n) is 3.24. The molecule has 114 valence electrons. The molecular weight excluding hydrogens is 288 g/mol. The number of rotatable bonds is 1. The van der Waals surface area contributed by atoms with Crippen molar-refractivity contribution in [1.29, 1.82) is 0 Å². The summed E-state index contributed by atoms with van der Waals surface area (Å²) >= 11 is 0. The molecule has 1 aliphatic rings. The molecule has 0 bridgehead atoms. The van der Waals surface area contributed by atoms with E-state index in [-0.39, 0.29) is 11.7 Å². The summed E-state index contributed by atoms with van der Waals surface area (Å²) in [5, 5.41) is 10.9. The number of nitrogens with zero attached hydrogens (tertiary/aromatic N) is 2. The maximum Gasteiger partial charge on any atom is 0.262 e. The van der Waals surface area contributed by atoms with Crippen molar-refractivity contribution in [2.24, 2.45) is 0 Å². The Morgan fingerprint density at radius 1 is 1.09 bits per heavy atom. The maximum atomic E-state index is 13.1. The van der Waals surface area contributed by atoms with Crippen LogP contribution in [0.15, 0.2) is 54.7 Å². The summed E-state index contributed by atoms with van der Waals surface area (Å²) < 4.78 is 0. The van der Waals surface area contributed by atoms with Crippen LogP contribution in [0.5, 0.6) is 5.75 Å². The smallest absolute Gasteiger partial charge is 0.262 e. The van der Waals surface area contributed by atoms with E-state index in [4.69, 9.17) is 0 Å². The summed E-state index contributed by atoms with van der Waals surface area (Å²) in [6.45, 7) is 0.659. The minimum Gasteiger partial charge on any atom is -0.505 e. The van der Waals surface area contributed by atoms with Crippen LogP contribution in [0.4, 0.5) is 5.69 Å². The molecule has 0 spiro atoms. The van der Waals surface area contributed by atoms with Crippen LogP contribution in [0.1, 0.15) is 22.3 Å². The third-order valence-corrected chi connectivity index (χ3v) is 4.32. The van der Waals surface area contributed by atoms with Crippen molar-refractivity contribution < 1.29 is 9.90 Å². The largest absolute Gasteiger partial charge is 0.505 e. The highest BCUT2D eigenvalue weighted by Gasteiger charge is 2.26. The van der Waals surface area contributed by atoms with E-state index in [0.29, 0.717) is 23.0 Å². The topological polar surface area (TPSA) is 53.4 Å². The Hall–Kier alpha value is -2.88. The van der Waals surface area contributed by atoms with Gasteiger partial charge in [-0.15, -0.1) is 0 Å². The average molecular weight is 304 g/mol. The summed E-state index contributed by atoms with van der Waals surface area (Å²) in [5.74, 6) is -0.245. The predicted molar refractivity (Wildman–Crippen MR) is 89.8 cm³/mol.